The molecule has 1 atom stereocenters. The number of nitrogens with one attached hydrogen (secondary N) is 1. The summed E-state index contributed by atoms with van der Waals surface area (Å²) in [6.07, 6.45) is 1.05. The third-order valence-corrected chi connectivity index (χ3v) is 6.64. The third-order valence-electron chi connectivity index (χ3n) is 5.64. The zero-order valence-corrected chi connectivity index (χ0v) is 20.1. The highest BCUT2D eigenvalue weighted by Gasteiger charge is 2.21. The Morgan fingerprint density at radius 2 is 1.71 bits per heavy atom. The number of ketones is 1. The Morgan fingerprint density at radius 1 is 1.00 bits per heavy atom. The molecular formula is C28H26N2O4S. The van der Waals surface area contributed by atoms with Crippen molar-refractivity contribution < 1.29 is 19.4 Å². The van der Waals surface area contributed by atoms with Crippen LogP contribution in [0.3, 0.4) is 0 Å². The minimum absolute atomic E-state index is 0.159. The molecule has 3 aromatic carbocycles. The summed E-state index contributed by atoms with van der Waals surface area (Å²) < 4.78 is 5.83. The first kappa shape index (κ1) is 24.2. The van der Waals surface area contributed by atoms with E-state index in [0.717, 1.165) is 23.4 Å². The molecule has 178 valence electrons. The molecule has 4 aromatic rings. The van der Waals surface area contributed by atoms with Crippen LogP contribution in [0.1, 0.15) is 32.1 Å². The van der Waals surface area contributed by atoms with Gasteiger partial charge in [-0.1, -0.05) is 54.6 Å². The summed E-state index contributed by atoms with van der Waals surface area (Å²) in [5.74, 6) is -0.422. The molecule has 0 bridgehead atoms. The van der Waals surface area contributed by atoms with Gasteiger partial charge in [-0.25, -0.2) is 9.78 Å². The quantitative estimate of drug-likeness (QED) is 0.276. The van der Waals surface area contributed by atoms with Crippen molar-refractivity contribution in [2.24, 2.45) is 0 Å². The number of benzene rings is 3. The van der Waals surface area contributed by atoms with Gasteiger partial charge in [-0.05, 0) is 36.8 Å². The maximum atomic E-state index is 13.0. The van der Waals surface area contributed by atoms with Crippen LogP contribution in [-0.2, 0) is 17.6 Å². The standard InChI is InChI=1S/C28H26N2O4S/c1-19-26(35-18-29-19)15-16-34-22-13-11-20(12-14-22)17-25(28(32)33)30-24-10-6-5-9-23(24)27(31)21-7-3-2-4-8-21/h2-14,18,25,30H,15-17H2,1H3,(H,32,33)/t25-/m0/s1. The van der Waals surface area contributed by atoms with Crippen LogP contribution in [0.15, 0.2) is 84.4 Å². The number of aromatic nitrogens is 1. The summed E-state index contributed by atoms with van der Waals surface area (Å²) in [5, 5.41) is 12.9. The predicted molar refractivity (Wildman–Crippen MR) is 138 cm³/mol. The highest BCUT2D eigenvalue weighted by atomic mass is 32.1. The summed E-state index contributed by atoms with van der Waals surface area (Å²) in [4.78, 5) is 30.5. The predicted octanol–water partition coefficient (Wildman–Crippen LogP) is 5.41. The fourth-order valence-corrected chi connectivity index (χ4v) is 4.49. The molecular weight excluding hydrogens is 460 g/mol. The number of anilines is 1. The second-order valence-corrected chi connectivity index (χ2v) is 9.02. The van der Waals surface area contributed by atoms with Gasteiger partial charge in [-0.2, -0.15) is 0 Å². The maximum Gasteiger partial charge on any atom is 0.326 e. The number of ether oxygens (including phenoxy) is 1. The Kier molecular flexibility index (Phi) is 7.90. The number of aryl methyl sites for hydroxylation is 1. The van der Waals surface area contributed by atoms with Crippen molar-refractivity contribution in [3.05, 3.63) is 112 Å². The number of carboxylic acid groups (broad SMARTS) is 1. The minimum atomic E-state index is -0.993. The smallest absolute Gasteiger partial charge is 0.326 e. The van der Waals surface area contributed by atoms with Crippen molar-refractivity contribution in [3.63, 3.8) is 0 Å². The molecule has 7 heteroatoms. The molecule has 0 radical (unpaired) electrons. The number of carbonyl (C=O) groups excluding carboxylic acids is 1. The van der Waals surface area contributed by atoms with Gasteiger partial charge in [-0.15, -0.1) is 11.3 Å². The molecule has 4 rings (SSSR count). The van der Waals surface area contributed by atoms with Crippen molar-refractivity contribution >= 4 is 28.8 Å². The number of rotatable bonds is 11. The average molecular weight is 487 g/mol. The Labute approximate surface area is 208 Å². The minimum Gasteiger partial charge on any atom is -0.493 e. The van der Waals surface area contributed by atoms with E-state index < -0.39 is 12.0 Å². The van der Waals surface area contributed by atoms with Crippen LogP contribution in [0.2, 0.25) is 0 Å². The van der Waals surface area contributed by atoms with E-state index in [9.17, 15) is 14.7 Å². The normalized spacial score (nSPS) is 11.6. The summed E-state index contributed by atoms with van der Waals surface area (Å²) in [5.41, 5.74) is 5.20. The van der Waals surface area contributed by atoms with Crippen LogP contribution in [0, 0.1) is 6.92 Å². The molecule has 0 saturated carbocycles. The van der Waals surface area contributed by atoms with E-state index in [1.54, 1.807) is 59.9 Å². The first-order valence-electron chi connectivity index (χ1n) is 11.3. The zero-order valence-electron chi connectivity index (χ0n) is 19.3. The number of carbonyl (C=O) groups is 2. The molecule has 0 fully saturated rings. The van der Waals surface area contributed by atoms with Gasteiger partial charge in [0.15, 0.2) is 5.78 Å². The lowest BCUT2D eigenvalue weighted by Gasteiger charge is -2.18. The Morgan fingerprint density at radius 3 is 2.40 bits per heavy atom. The molecule has 0 aliphatic carbocycles. The number of nitrogens with zero attached hydrogens (tertiary/aromatic N) is 1. The summed E-state index contributed by atoms with van der Waals surface area (Å²) in [6, 6.07) is 22.5. The zero-order chi connectivity index (χ0) is 24.6. The highest BCUT2D eigenvalue weighted by Crippen LogP contribution is 2.22. The molecule has 35 heavy (non-hydrogen) atoms. The largest absolute Gasteiger partial charge is 0.493 e. The van der Waals surface area contributed by atoms with E-state index in [0.29, 0.717) is 23.4 Å². The number of hydrogen-bond donors (Lipinski definition) is 2. The van der Waals surface area contributed by atoms with Crippen LogP contribution >= 0.6 is 11.3 Å². The molecule has 0 spiro atoms. The molecule has 2 N–H and O–H groups in total. The second-order valence-electron chi connectivity index (χ2n) is 8.08. The lowest BCUT2D eigenvalue weighted by atomic mass is 10.00. The molecule has 0 aliphatic rings. The number of thiazole rings is 1. The van der Waals surface area contributed by atoms with Gasteiger partial charge in [0.25, 0.3) is 0 Å². The van der Waals surface area contributed by atoms with E-state index in [1.165, 1.54) is 4.88 Å². The Hall–Kier alpha value is -3.97. The number of hydrogen-bond acceptors (Lipinski definition) is 6. The average Bonchev–Trinajstić information content (AvgIpc) is 3.29. The third kappa shape index (κ3) is 6.33. The fourth-order valence-electron chi connectivity index (χ4n) is 3.72. The second kappa shape index (κ2) is 11.4. The summed E-state index contributed by atoms with van der Waals surface area (Å²) in [6.45, 7) is 2.54. The molecule has 1 heterocycles. The lowest BCUT2D eigenvalue weighted by molar-refractivity contribution is -0.137. The first-order chi connectivity index (χ1) is 17.0. The van der Waals surface area contributed by atoms with Crippen molar-refractivity contribution in [1.29, 1.82) is 0 Å². The number of carboxylic acids is 1. The molecule has 1 aromatic heterocycles. The van der Waals surface area contributed by atoms with Gasteiger partial charge in [0.2, 0.25) is 0 Å². The summed E-state index contributed by atoms with van der Waals surface area (Å²) >= 11 is 1.62. The first-order valence-corrected chi connectivity index (χ1v) is 12.2. The van der Waals surface area contributed by atoms with Gasteiger partial charge >= 0.3 is 5.97 Å². The fraction of sp³-hybridized carbons (Fsp3) is 0.179. The topological polar surface area (TPSA) is 88.5 Å². The summed E-state index contributed by atoms with van der Waals surface area (Å²) in [7, 11) is 0. The van der Waals surface area contributed by atoms with E-state index in [1.807, 2.05) is 42.8 Å². The van der Waals surface area contributed by atoms with Gasteiger partial charge in [0.1, 0.15) is 11.8 Å². The lowest BCUT2D eigenvalue weighted by Crippen LogP contribution is -2.32. The maximum absolute atomic E-state index is 13.0. The highest BCUT2D eigenvalue weighted by molar-refractivity contribution is 7.09. The molecule has 0 amide bonds. The van der Waals surface area contributed by atoms with E-state index in [-0.39, 0.29) is 12.2 Å². The van der Waals surface area contributed by atoms with Crippen LogP contribution in [-0.4, -0.2) is 34.5 Å². The van der Waals surface area contributed by atoms with Crippen LogP contribution in [0.4, 0.5) is 5.69 Å². The van der Waals surface area contributed by atoms with Gasteiger partial charge in [-0.3, -0.25) is 4.79 Å². The van der Waals surface area contributed by atoms with Crippen LogP contribution in [0.5, 0.6) is 5.75 Å². The van der Waals surface area contributed by atoms with Gasteiger partial charge in [0.05, 0.1) is 17.8 Å². The molecule has 0 saturated heterocycles. The van der Waals surface area contributed by atoms with Crippen LogP contribution < -0.4 is 10.1 Å². The van der Waals surface area contributed by atoms with Crippen LogP contribution in [0.25, 0.3) is 0 Å². The van der Waals surface area contributed by atoms with Gasteiger partial charge in [0, 0.05) is 34.5 Å². The van der Waals surface area contributed by atoms with E-state index >= 15 is 0 Å². The van der Waals surface area contributed by atoms with Gasteiger partial charge < -0.3 is 15.2 Å². The van der Waals surface area contributed by atoms with Crippen molar-refractivity contribution in [2.45, 2.75) is 25.8 Å². The van der Waals surface area contributed by atoms with Crippen molar-refractivity contribution in [2.75, 3.05) is 11.9 Å². The number of aliphatic carboxylic acids is 1. The molecule has 6 nitrogen and oxygen atoms in total. The Bertz CT molecular complexity index is 1290. The number of para-hydroxylation sites is 1. The molecule has 0 unspecified atom stereocenters. The monoisotopic (exact) mass is 486 g/mol. The molecule has 0 aliphatic heterocycles. The Balaban J connectivity index is 1.41. The van der Waals surface area contributed by atoms with E-state index in [2.05, 4.69) is 10.3 Å². The van der Waals surface area contributed by atoms with Crippen molar-refractivity contribution in [3.8, 4) is 5.75 Å². The SMILES string of the molecule is Cc1ncsc1CCOc1ccc(C[C@H](Nc2ccccc2C(=O)c2ccccc2)C(=O)O)cc1. The van der Waals surface area contributed by atoms with Crippen molar-refractivity contribution in [1.82, 2.24) is 4.98 Å². The van der Waals surface area contributed by atoms with E-state index in [4.69, 9.17) is 4.74 Å².